The van der Waals surface area contributed by atoms with Crippen molar-refractivity contribution in [2.75, 3.05) is 0 Å². The van der Waals surface area contributed by atoms with Gasteiger partial charge in [-0.1, -0.05) is 38.0 Å². The van der Waals surface area contributed by atoms with E-state index >= 15 is 0 Å². The first-order valence-electron chi connectivity index (χ1n) is 8.94. The van der Waals surface area contributed by atoms with E-state index in [0.29, 0.717) is 5.92 Å². The van der Waals surface area contributed by atoms with Crippen LogP contribution in [-0.2, 0) is 4.79 Å². The van der Waals surface area contributed by atoms with E-state index in [0.717, 1.165) is 38.5 Å². The van der Waals surface area contributed by atoms with Crippen molar-refractivity contribution < 1.29 is 15.0 Å². The number of aliphatic hydroxyl groups excluding tert-OH is 1. The molecule has 0 bridgehead atoms. The van der Waals surface area contributed by atoms with Crippen molar-refractivity contribution in [3.05, 3.63) is 24.3 Å². The summed E-state index contributed by atoms with van der Waals surface area (Å²) in [5.41, 5.74) is 0.438. The van der Waals surface area contributed by atoms with Crippen LogP contribution in [0, 0.1) is 28.1 Å². The SMILES string of the molecule is C=C[C@]1(C)C=C2CC[C@@H]3[C@](C)(CCC[C@@]3(C)C(=O)O)[C@H]2CC1O. The molecule has 3 aliphatic carbocycles. The number of carboxylic acid groups (broad SMARTS) is 1. The van der Waals surface area contributed by atoms with Crippen molar-refractivity contribution in [2.45, 2.75) is 65.4 Å². The molecule has 0 aromatic heterocycles. The van der Waals surface area contributed by atoms with Gasteiger partial charge in [0.1, 0.15) is 0 Å². The molecule has 3 nitrogen and oxygen atoms in total. The lowest BCUT2D eigenvalue weighted by molar-refractivity contribution is -0.165. The predicted molar refractivity (Wildman–Crippen MR) is 90.9 cm³/mol. The molecular weight excluding hydrogens is 288 g/mol. The zero-order chi connectivity index (χ0) is 17.0. The van der Waals surface area contributed by atoms with Crippen LogP contribution < -0.4 is 0 Å². The lowest BCUT2D eigenvalue weighted by Crippen LogP contribution is -2.55. The Labute approximate surface area is 139 Å². The van der Waals surface area contributed by atoms with Gasteiger partial charge < -0.3 is 10.2 Å². The first-order valence-corrected chi connectivity index (χ1v) is 8.94. The second-order valence-electron chi connectivity index (χ2n) is 8.77. The molecule has 2 saturated carbocycles. The van der Waals surface area contributed by atoms with Gasteiger partial charge >= 0.3 is 5.97 Å². The van der Waals surface area contributed by atoms with E-state index < -0.39 is 17.5 Å². The molecule has 0 radical (unpaired) electrons. The molecule has 2 N–H and O–H groups in total. The summed E-state index contributed by atoms with van der Waals surface area (Å²) in [7, 11) is 0. The van der Waals surface area contributed by atoms with E-state index in [1.54, 1.807) is 0 Å². The molecule has 3 rings (SSSR count). The summed E-state index contributed by atoms with van der Waals surface area (Å²) < 4.78 is 0. The van der Waals surface area contributed by atoms with Gasteiger partial charge in [-0.3, -0.25) is 4.79 Å². The van der Waals surface area contributed by atoms with Gasteiger partial charge in [0.15, 0.2) is 0 Å². The Morgan fingerprint density at radius 3 is 2.65 bits per heavy atom. The molecule has 0 aromatic rings. The maximum Gasteiger partial charge on any atom is 0.309 e. The summed E-state index contributed by atoms with van der Waals surface area (Å²) in [6.07, 6.45) is 9.12. The minimum Gasteiger partial charge on any atom is -0.481 e. The van der Waals surface area contributed by atoms with Crippen molar-refractivity contribution in [2.24, 2.45) is 28.1 Å². The average Bonchev–Trinajstić information content (AvgIpc) is 2.49. The van der Waals surface area contributed by atoms with Gasteiger partial charge in [-0.25, -0.2) is 0 Å². The molecule has 0 aromatic carbocycles. The Bertz CT molecular complexity index is 565. The minimum atomic E-state index is -0.645. The second-order valence-corrected chi connectivity index (χ2v) is 8.77. The van der Waals surface area contributed by atoms with Gasteiger partial charge in [-0.15, -0.1) is 6.58 Å². The molecule has 1 unspecified atom stereocenters. The summed E-state index contributed by atoms with van der Waals surface area (Å²) in [5, 5.41) is 20.5. The molecule has 0 spiro atoms. The fourth-order valence-corrected chi connectivity index (χ4v) is 5.90. The molecule has 3 aliphatic rings. The number of hydrogen-bond donors (Lipinski definition) is 2. The fourth-order valence-electron chi connectivity index (χ4n) is 5.90. The van der Waals surface area contributed by atoms with Crippen LogP contribution >= 0.6 is 0 Å². The average molecular weight is 318 g/mol. The van der Waals surface area contributed by atoms with Crippen LogP contribution in [0.5, 0.6) is 0 Å². The lowest BCUT2D eigenvalue weighted by atomic mass is 9.45. The largest absolute Gasteiger partial charge is 0.481 e. The normalized spacial score (nSPS) is 49.6. The van der Waals surface area contributed by atoms with Crippen LogP contribution in [0.15, 0.2) is 24.3 Å². The highest BCUT2D eigenvalue weighted by atomic mass is 16.4. The Morgan fingerprint density at radius 2 is 2.04 bits per heavy atom. The molecule has 0 amide bonds. The first kappa shape index (κ1) is 16.8. The first-order chi connectivity index (χ1) is 10.7. The van der Waals surface area contributed by atoms with Crippen LogP contribution in [-0.4, -0.2) is 22.3 Å². The third kappa shape index (κ3) is 2.23. The smallest absolute Gasteiger partial charge is 0.309 e. The maximum absolute atomic E-state index is 12.0. The Kier molecular flexibility index (Phi) is 3.79. The van der Waals surface area contributed by atoms with E-state index in [1.807, 2.05) is 19.9 Å². The van der Waals surface area contributed by atoms with Crippen molar-refractivity contribution in [1.82, 2.24) is 0 Å². The standard InChI is InChI=1S/C20H30O3/c1-5-18(2)12-13-7-8-15-19(3,14(13)11-16(18)21)9-6-10-20(15,4)17(22)23/h5,12,14-16,21H,1,6-11H2,2-4H3,(H,22,23)/t14-,15+,16?,18+,19+,20+/m0/s1. The Morgan fingerprint density at radius 1 is 1.35 bits per heavy atom. The Hall–Kier alpha value is -1.09. The molecule has 3 heteroatoms. The number of aliphatic carboxylic acids is 1. The van der Waals surface area contributed by atoms with Crippen molar-refractivity contribution >= 4 is 5.97 Å². The second kappa shape index (κ2) is 5.20. The van der Waals surface area contributed by atoms with E-state index in [2.05, 4.69) is 19.6 Å². The molecule has 2 fully saturated rings. The van der Waals surface area contributed by atoms with Gasteiger partial charge in [0, 0.05) is 5.41 Å². The van der Waals surface area contributed by atoms with Gasteiger partial charge in [-0.05, 0) is 56.3 Å². The van der Waals surface area contributed by atoms with Crippen molar-refractivity contribution in [3.63, 3.8) is 0 Å². The van der Waals surface area contributed by atoms with E-state index in [-0.39, 0.29) is 16.7 Å². The van der Waals surface area contributed by atoms with Gasteiger partial charge in [0.05, 0.1) is 11.5 Å². The van der Waals surface area contributed by atoms with E-state index in [9.17, 15) is 15.0 Å². The molecule has 0 aliphatic heterocycles. The fraction of sp³-hybridized carbons (Fsp3) is 0.750. The zero-order valence-corrected chi connectivity index (χ0v) is 14.6. The molecule has 0 saturated heterocycles. The van der Waals surface area contributed by atoms with Crippen LogP contribution in [0.25, 0.3) is 0 Å². The number of rotatable bonds is 2. The molecular formula is C20H30O3. The summed E-state index contributed by atoms with van der Waals surface area (Å²) in [6.45, 7) is 10.2. The molecule has 0 heterocycles. The monoisotopic (exact) mass is 318 g/mol. The minimum absolute atomic E-state index is 0.0149. The molecule has 128 valence electrons. The third-order valence-electron chi connectivity index (χ3n) is 7.54. The van der Waals surface area contributed by atoms with E-state index in [4.69, 9.17) is 0 Å². The maximum atomic E-state index is 12.0. The quantitative estimate of drug-likeness (QED) is 0.751. The topological polar surface area (TPSA) is 57.5 Å². The molecule has 23 heavy (non-hydrogen) atoms. The summed E-state index contributed by atoms with van der Waals surface area (Å²) in [4.78, 5) is 12.0. The highest BCUT2D eigenvalue weighted by Crippen LogP contribution is 2.63. The number of aliphatic hydroxyl groups is 1. The lowest BCUT2D eigenvalue weighted by Gasteiger charge is -2.59. The van der Waals surface area contributed by atoms with Crippen molar-refractivity contribution in [3.8, 4) is 0 Å². The summed E-state index contributed by atoms with van der Waals surface area (Å²) in [6, 6.07) is 0. The predicted octanol–water partition coefficient (Wildman–Crippen LogP) is 4.18. The number of carbonyl (C=O) groups is 1. The zero-order valence-electron chi connectivity index (χ0n) is 14.6. The Balaban J connectivity index is 2.02. The van der Waals surface area contributed by atoms with Gasteiger partial charge in [0.2, 0.25) is 0 Å². The third-order valence-corrected chi connectivity index (χ3v) is 7.54. The highest BCUT2D eigenvalue weighted by molar-refractivity contribution is 5.75. The van der Waals surface area contributed by atoms with Gasteiger partial charge in [0.25, 0.3) is 0 Å². The summed E-state index contributed by atoms with van der Waals surface area (Å²) in [5.74, 6) is -0.139. The van der Waals surface area contributed by atoms with Crippen LogP contribution in [0.1, 0.15) is 59.3 Å². The van der Waals surface area contributed by atoms with Crippen LogP contribution in [0.2, 0.25) is 0 Å². The summed E-state index contributed by atoms with van der Waals surface area (Å²) >= 11 is 0. The van der Waals surface area contributed by atoms with E-state index in [1.165, 1.54) is 5.57 Å². The number of fused-ring (bicyclic) bond motifs is 3. The number of hydrogen-bond acceptors (Lipinski definition) is 2. The van der Waals surface area contributed by atoms with Gasteiger partial charge in [-0.2, -0.15) is 0 Å². The van der Waals surface area contributed by atoms with Crippen molar-refractivity contribution in [1.29, 1.82) is 0 Å². The van der Waals surface area contributed by atoms with Crippen LogP contribution in [0.4, 0.5) is 0 Å². The van der Waals surface area contributed by atoms with Crippen LogP contribution in [0.3, 0.4) is 0 Å². The molecule has 6 atom stereocenters. The number of carboxylic acids is 1. The number of allylic oxidation sites excluding steroid dienone is 1. The highest BCUT2D eigenvalue weighted by Gasteiger charge is 2.59.